The predicted octanol–water partition coefficient (Wildman–Crippen LogP) is 1.87. The van der Waals surface area contributed by atoms with Gasteiger partial charge in [0.05, 0.1) is 24.2 Å². The Labute approximate surface area is 117 Å². The number of hydrogen-bond acceptors (Lipinski definition) is 6. The second-order valence-electron chi connectivity index (χ2n) is 4.04. The van der Waals surface area contributed by atoms with Crippen LogP contribution in [0.3, 0.4) is 0 Å². The number of benzene rings is 1. The van der Waals surface area contributed by atoms with Crippen molar-refractivity contribution in [1.82, 2.24) is 5.32 Å². The zero-order chi connectivity index (χ0) is 15.0. The van der Waals surface area contributed by atoms with E-state index < -0.39 is 11.0 Å². The van der Waals surface area contributed by atoms with Gasteiger partial charge in [0.25, 0.3) is 5.69 Å². The minimum Gasteiger partial charge on any atom is -0.493 e. The summed E-state index contributed by atoms with van der Waals surface area (Å²) in [6.45, 7) is 2.79. The first-order valence-corrected chi connectivity index (χ1v) is 6.20. The Morgan fingerprint density at radius 3 is 2.80 bits per heavy atom. The summed E-state index contributed by atoms with van der Waals surface area (Å²) in [5.41, 5.74) is -0.0872. The molecule has 1 unspecified atom stereocenters. The van der Waals surface area contributed by atoms with Crippen LogP contribution in [0, 0.1) is 21.4 Å². The predicted molar refractivity (Wildman–Crippen MR) is 72.8 cm³/mol. The lowest BCUT2D eigenvalue weighted by Crippen LogP contribution is -2.33. The largest absolute Gasteiger partial charge is 0.493 e. The summed E-state index contributed by atoms with van der Waals surface area (Å²) < 4.78 is 10.5. The highest BCUT2D eigenvalue weighted by molar-refractivity contribution is 5.48. The number of nitro benzene ring substituents is 1. The third-order valence-electron chi connectivity index (χ3n) is 2.56. The minimum absolute atomic E-state index is 0.0872. The quantitative estimate of drug-likeness (QED) is 0.576. The maximum absolute atomic E-state index is 10.7. The zero-order valence-electron chi connectivity index (χ0n) is 11.5. The molecule has 20 heavy (non-hydrogen) atoms. The van der Waals surface area contributed by atoms with Gasteiger partial charge in [-0.05, 0) is 19.0 Å². The molecule has 0 amide bonds. The molecule has 1 aromatic carbocycles. The molecular formula is C13H17N3O4. The Morgan fingerprint density at radius 2 is 2.25 bits per heavy atom. The van der Waals surface area contributed by atoms with Crippen LogP contribution in [0.5, 0.6) is 11.5 Å². The molecule has 1 aromatic rings. The number of nitro groups is 1. The lowest BCUT2D eigenvalue weighted by atomic mass is 10.2. The molecule has 0 fully saturated rings. The van der Waals surface area contributed by atoms with Gasteiger partial charge in [0.15, 0.2) is 11.5 Å². The van der Waals surface area contributed by atoms with E-state index in [4.69, 9.17) is 14.7 Å². The van der Waals surface area contributed by atoms with Gasteiger partial charge in [-0.15, -0.1) is 0 Å². The van der Waals surface area contributed by atoms with Crippen molar-refractivity contribution >= 4 is 5.69 Å². The number of ether oxygens (including phenoxy) is 2. The zero-order valence-corrected chi connectivity index (χ0v) is 11.5. The maximum atomic E-state index is 10.7. The Balaban J connectivity index is 2.77. The van der Waals surface area contributed by atoms with Gasteiger partial charge in [-0.2, -0.15) is 5.26 Å². The lowest BCUT2D eigenvalue weighted by Gasteiger charge is -2.14. The second kappa shape index (κ2) is 7.96. The van der Waals surface area contributed by atoms with E-state index in [-0.39, 0.29) is 18.0 Å². The van der Waals surface area contributed by atoms with Crippen LogP contribution < -0.4 is 14.8 Å². The van der Waals surface area contributed by atoms with Crippen molar-refractivity contribution in [2.45, 2.75) is 19.4 Å². The summed E-state index contributed by atoms with van der Waals surface area (Å²) in [4.78, 5) is 10.2. The van der Waals surface area contributed by atoms with E-state index in [2.05, 4.69) is 11.4 Å². The van der Waals surface area contributed by atoms with Crippen LogP contribution in [0.15, 0.2) is 18.2 Å². The SMILES string of the molecule is CCCNC(C#N)COc1cc([N+](=O)[O-])ccc1OC. The van der Waals surface area contributed by atoms with Crippen LogP contribution in [0.25, 0.3) is 0 Å². The summed E-state index contributed by atoms with van der Waals surface area (Å²) in [6.07, 6.45) is 0.901. The molecule has 0 bridgehead atoms. The van der Waals surface area contributed by atoms with E-state index in [1.54, 1.807) is 0 Å². The van der Waals surface area contributed by atoms with Gasteiger partial charge >= 0.3 is 0 Å². The highest BCUT2D eigenvalue weighted by Gasteiger charge is 2.14. The smallest absolute Gasteiger partial charge is 0.273 e. The van der Waals surface area contributed by atoms with Crippen molar-refractivity contribution < 1.29 is 14.4 Å². The number of nitriles is 1. The monoisotopic (exact) mass is 279 g/mol. The molecule has 0 aliphatic heterocycles. The Hall–Kier alpha value is -2.33. The first-order valence-electron chi connectivity index (χ1n) is 6.20. The number of hydrogen-bond donors (Lipinski definition) is 1. The third-order valence-corrected chi connectivity index (χ3v) is 2.56. The fraction of sp³-hybridized carbons (Fsp3) is 0.462. The van der Waals surface area contributed by atoms with Gasteiger partial charge in [-0.1, -0.05) is 6.92 Å². The van der Waals surface area contributed by atoms with Crippen LogP contribution in [0.2, 0.25) is 0 Å². The summed E-state index contributed by atoms with van der Waals surface area (Å²) >= 11 is 0. The van der Waals surface area contributed by atoms with E-state index >= 15 is 0 Å². The lowest BCUT2D eigenvalue weighted by molar-refractivity contribution is -0.385. The minimum atomic E-state index is -0.511. The Kier molecular flexibility index (Phi) is 6.26. The molecule has 0 heterocycles. The fourth-order valence-electron chi connectivity index (χ4n) is 1.53. The van der Waals surface area contributed by atoms with Crippen LogP contribution >= 0.6 is 0 Å². The highest BCUT2D eigenvalue weighted by Crippen LogP contribution is 2.31. The molecule has 108 valence electrons. The number of nitrogens with zero attached hydrogens (tertiary/aromatic N) is 2. The van der Waals surface area contributed by atoms with Gasteiger partial charge in [-0.25, -0.2) is 0 Å². The van der Waals surface area contributed by atoms with Crippen LogP contribution in [0.1, 0.15) is 13.3 Å². The van der Waals surface area contributed by atoms with Crippen molar-refractivity contribution in [1.29, 1.82) is 5.26 Å². The summed E-state index contributed by atoms with van der Waals surface area (Å²) in [6, 6.07) is 5.69. The molecule has 7 heteroatoms. The topological polar surface area (TPSA) is 97.4 Å². The first-order chi connectivity index (χ1) is 9.62. The fourth-order valence-corrected chi connectivity index (χ4v) is 1.53. The molecule has 0 aliphatic carbocycles. The molecule has 0 saturated carbocycles. The van der Waals surface area contributed by atoms with Gasteiger partial charge in [-0.3, -0.25) is 15.4 Å². The molecule has 0 aliphatic rings. The Bertz CT molecular complexity index is 499. The van der Waals surface area contributed by atoms with Crippen molar-refractivity contribution in [3.8, 4) is 17.6 Å². The summed E-state index contributed by atoms with van der Waals surface area (Å²) in [7, 11) is 1.45. The molecular weight excluding hydrogens is 262 g/mol. The van der Waals surface area contributed by atoms with E-state index in [9.17, 15) is 10.1 Å². The molecule has 7 nitrogen and oxygen atoms in total. The van der Waals surface area contributed by atoms with Crippen molar-refractivity contribution in [3.05, 3.63) is 28.3 Å². The van der Waals surface area contributed by atoms with Crippen molar-refractivity contribution in [2.24, 2.45) is 0 Å². The number of rotatable bonds is 8. The molecule has 0 spiro atoms. The van der Waals surface area contributed by atoms with Gasteiger partial charge in [0.2, 0.25) is 0 Å². The van der Waals surface area contributed by atoms with Crippen LogP contribution in [0.4, 0.5) is 5.69 Å². The summed E-state index contributed by atoms with van der Waals surface area (Å²) in [5.74, 6) is 0.642. The molecule has 0 aromatic heterocycles. The van der Waals surface area contributed by atoms with Crippen molar-refractivity contribution in [2.75, 3.05) is 20.3 Å². The van der Waals surface area contributed by atoms with Crippen LogP contribution in [-0.4, -0.2) is 31.2 Å². The summed E-state index contributed by atoms with van der Waals surface area (Å²) in [5, 5.41) is 22.7. The maximum Gasteiger partial charge on any atom is 0.273 e. The second-order valence-corrected chi connectivity index (χ2v) is 4.04. The van der Waals surface area contributed by atoms with E-state index in [1.165, 1.54) is 25.3 Å². The van der Waals surface area contributed by atoms with Gasteiger partial charge in [0, 0.05) is 6.07 Å². The molecule has 1 N–H and O–H groups in total. The normalized spacial score (nSPS) is 11.4. The van der Waals surface area contributed by atoms with Gasteiger partial charge < -0.3 is 9.47 Å². The van der Waals surface area contributed by atoms with E-state index in [0.717, 1.165) is 6.42 Å². The molecule has 1 rings (SSSR count). The average molecular weight is 279 g/mol. The number of methoxy groups -OCH3 is 1. The standard InChI is InChI=1S/C13H17N3O4/c1-3-6-15-10(8-14)9-20-13-7-11(16(17)18)4-5-12(13)19-2/h4-5,7,10,15H,3,6,9H2,1-2H3. The van der Waals surface area contributed by atoms with Crippen LogP contribution in [-0.2, 0) is 0 Å². The Morgan fingerprint density at radius 1 is 1.50 bits per heavy atom. The molecule has 1 atom stereocenters. The highest BCUT2D eigenvalue weighted by atomic mass is 16.6. The number of non-ortho nitro benzene ring substituents is 1. The van der Waals surface area contributed by atoms with Crippen molar-refractivity contribution in [3.63, 3.8) is 0 Å². The first kappa shape index (κ1) is 15.7. The van der Waals surface area contributed by atoms with E-state index in [0.29, 0.717) is 12.3 Å². The van der Waals surface area contributed by atoms with E-state index in [1.807, 2.05) is 6.92 Å². The third kappa shape index (κ3) is 4.40. The average Bonchev–Trinajstić information content (AvgIpc) is 2.47. The number of nitrogens with one attached hydrogen (secondary N) is 1. The van der Waals surface area contributed by atoms with Gasteiger partial charge in [0.1, 0.15) is 12.6 Å². The molecule has 0 saturated heterocycles. The molecule has 0 radical (unpaired) electrons.